The summed E-state index contributed by atoms with van der Waals surface area (Å²) in [4.78, 5) is 60.0. The van der Waals surface area contributed by atoms with Gasteiger partial charge in [-0.15, -0.1) is 0 Å². The monoisotopic (exact) mass is 545 g/mol. The van der Waals surface area contributed by atoms with E-state index in [9.17, 15) is 24.0 Å². The zero-order valence-electron chi connectivity index (χ0n) is 17.2. The molecule has 7 N–H and O–H groups in total. The molecule has 0 heterocycles. The van der Waals surface area contributed by atoms with Gasteiger partial charge in [0.2, 0.25) is 23.4 Å². The van der Waals surface area contributed by atoms with Crippen LogP contribution in [0, 0.1) is 0 Å². The summed E-state index contributed by atoms with van der Waals surface area (Å²) in [7, 11) is 0. The van der Waals surface area contributed by atoms with E-state index in [1.165, 1.54) is 6.92 Å². The number of benzene rings is 1. The van der Waals surface area contributed by atoms with Crippen molar-refractivity contribution in [1.29, 1.82) is 0 Å². The minimum absolute atomic E-state index is 0.0591. The third kappa shape index (κ3) is 10.1. The van der Waals surface area contributed by atoms with E-state index in [-0.39, 0.29) is 25.0 Å². The van der Waals surface area contributed by atoms with Crippen molar-refractivity contribution in [3.05, 3.63) is 35.9 Å². The van der Waals surface area contributed by atoms with Crippen molar-refractivity contribution in [3.8, 4) is 0 Å². The Balaban J connectivity index is 2.93. The first kappa shape index (κ1) is 26.8. The Morgan fingerprint density at radius 2 is 1.48 bits per heavy atom. The molecule has 0 aromatic heterocycles. The molecule has 0 radical (unpaired) electrons. The maximum atomic E-state index is 12.8. The van der Waals surface area contributed by atoms with Crippen LogP contribution >= 0.6 is 22.6 Å². The van der Waals surface area contributed by atoms with E-state index in [4.69, 9.17) is 11.5 Å². The van der Waals surface area contributed by atoms with Gasteiger partial charge in [-0.3, -0.25) is 29.3 Å². The molecule has 0 spiro atoms. The number of primary amides is 2. The van der Waals surface area contributed by atoms with Gasteiger partial charge in [0.15, 0.2) is 0 Å². The van der Waals surface area contributed by atoms with Gasteiger partial charge in [0, 0.05) is 17.4 Å². The van der Waals surface area contributed by atoms with Crippen molar-refractivity contribution >= 4 is 51.8 Å². The van der Waals surface area contributed by atoms with Crippen LogP contribution in [0.2, 0.25) is 0 Å². The summed E-state index contributed by atoms with van der Waals surface area (Å²) in [5.41, 5.74) is 16.8. The number of halogens is 1. The highest BCUT2D eigenvalue weighted by Gasteiger charge is 2.32. The molecule has 10 nitrogen and oxygen atoms in total. The molecule has 0 aliphatic heterocycles. The Hall–Kier alpha value is -2.22. The second-order valence-electron chi connectivity index (χ2n) is 6.99. The van der Waals surface area contributed by atoms with Crippen LogP contribution in [0.1, 0.15) is 31.7 Å². The molecule has 170 valence electrons. The van der Waals surface area contributed by atoms with Crippen LogP contribution in [0.5, 0.6) is 0 Å². The van der Waals surface area contributed by atoms with Gasteiger partial charge >= 0.3 is 0 Å². The summed E-state index contributed by atoms with van der Waals surface area (Å²) in [6.07, 6.45) is -0.194. The minimum Gasteiger partial charge on any atom is -0.370 e. The number of amides is 2. The highest BCUT2D eigenvalue weighted by Crippen LogP contribution is 2.07. The summed E-state index contributed by atoms with van der Waals surface area (Å²) in [6, 6.07) is 6.40. The maximum Gasteiger partial charge on any atom is 0.219 e. The number of nitrogens with one attached hydrogen (secondary N) is 3. The van der Waals surface area contributed by atoms with E-state index in [0.29, 0.717) is 11.0 Å². The molecular weight excluding hydrogens is 517 g/mol. The number of hydrogen-bond donors (Lipinski definition) is 5. The van der Waals surface area contributed by atoms with Crippen molar-refractivity contribution in [2.45, 2.75) is 50.7 Å². The van der Waals surface area contributed by atoms with Crippen molar-refractivity contribution in [1.82, 2.24) is 16.2 Å². The highest BCUT2D eigenvalue weighted by molar-refractivity contribution is 14.1. The van der Waals surface area contributed by atoms with Crippen molar-refractivity contribution in [2.24, 2.45) is 11.5 Å². The normalized spacial score (nSPS) is 13.7. The summed E-state index contributed by atoms with van der Waals surface area (Å²) >= 11 is 1.94. The topological polar surface area (TPSA) is 173 Å². The zero-order chi connectivity index (χ0) is 23.4. The second-order valence-corrected chi connectivity index (χ2v) is 7.75. The van der Waals surface area contributed by atoms with Gasteiger partial charge in [-0.05, 0) is 25.3 Å². The number of carbonyl (C=O) groups is 5. The molecule has 0 saturated carbocycles. The SMILES string of the molecule is CC(=O)[C@H](Cc1ccccc1)NN[C@@H](CCC(N)=O)C(=O)C(=O)[C@H](CC(N)=O)NCI. The Morgan fingerprint density at radius 3 is 2.00 bits per heavy atom. The highest BCUT2D eigenvalue weighted by atomic mass is 127. The first-order chi connectivity index (χ1) is 14.6. The largest absolute Gasteiger partial charge is 0.370 e. The molecule has 11 heteroatoms. The van der Waals surface area contributed by atoms with Crippen molar-refractivity contribution in [2.75, 3.05) is 4.55 Å². The molecule has 1 aromatic carbocycles. The molecule has 0 fully saturated rings. The predicted molar refractivity (Wildman–Crippen MR) is 123 cm³/mol. The third-order valence-electron chi connectivity index (χ3n) is 4.49. The lowest BCUT2D eigenvalue weighted by Crippen LogP contribution is -2.56. The fourth-order valence-corrected chi connectivity index (χ4v) is 3.33. The number of hydrazine groups is 1. The zero-order valence-corrected chi connectivity index (χ0v) is 19.4. The van der Waals surface area contributed by atoms with E-state index < -0.39 is 41.5 Å². The Morgan fingerprint density at radius 1 is 0.903 bits per heavy atom. The minimum atomic E-state index is -1.12. The van der Waals surface area contributed by atoms with Gasteiger partial charge in [0.05, 0.1) is 18.1 Å². The fraction of sp³-hybridized carbons (Fsp3) is 0.450. The van der Waals surface area contributed by atoms with Crippen LogP contribution in [0.3, 0.4) is 0 Å². The molecule has 1 rings (SSSR count). The van der Waals surface area contributed by atoms with Crippen molar-refractivity contribution in [3.63, 3.8) is 0 Å². The number of nitrogens with two attached hydrogens (primary N) is 2. The summed E-state index contributed by atoms with van der Waals surface area (Å²) in [5.74, 6) is -3.25. The molecular formula is C20H28IN5O5. The van der Waals surface area contributed by atoms with Crippen LogP contribution in [0.15, 0.2) is 30.3 Å². The van der Waals surface area contributed by atoms with Crippen LogP contribution in [0.4, 0.5) is 0 Å². The first-order valence-electron chi connectivity index (χ1n) is 9.65. The number of ketones is 3. The van der Waals surface area contributed by atoms with Crippen molar-refractivity contribution < 1.29 is 24.0 Å². The lowest BCUT2D eigenvalue weighted by Gasteiger charge is -2.23. The third-order valence-corrected chi connectivity index (χ3v) is 4.93. The average molecular weight is 545 g/mol. The molecule has 2 amide bonds. The number of hydrogen-bond acceptors (Lipinski definition) is 8. The number of carbonyl (C=O) groups excluding carboxylic acids is 5. The van der Waals surface area contributed by atoms with Gasteiger partial charge in [0.1, 0.15) is 5.78 Å². The average Bonchev–Trinajstić information content (AvgIpc) is 2.71. The fourth-order valence-electron chi connectivity index (χ4n) is 2.80. The lowest BCUT2D eigenvalue weighted by molar-refractivity contribution is -0.140. The Kier molecular flexibility index (Phi) is 12.1. The van der Waals surface area contributed by atoms with Gasteiger partial charge in [-0.25, -0.2) is 10.9 Å². The molecule has 0 saturated heterocycles. The number of alkyl halides is 1. The first-order valence-corrected chi connectivity index (χ1v) is 11.2. The van der Waals surface area contributed by atoms with E-state index in [1.807, 2.05) is 52.9 Å². The van der Waals surface area contributed by atoms with E-state index >= 15 is 0 Å². The van der Waals surface area contributed by atoms with Crippen LogP contribution in [-0.2, 0) is 30.4 Å². The molecule has 0 bridgehead atoms. The maximum absolute atomic E-state index is 12.8. The van der Waals surface area contributed by atoms with Crippen LogP contribution in [0.25, 0.3) is 0 Å². The second kappa shape index (κ2) is 14.0. The smallest absolute Gasteiger partial charge is 0.219 e. The standard InChI is InChI=1S/C20H28IN5O5/c1-12(27)15(9-13-5-3-2-4-6-13)26-25-14(7-8-17(22)28)19(30)20(31)16(24-11-21)10-18(23)29/h2-6,14-16,24-26H,7-11H2,1H3,(H2,22,28)(H2,23,29)/t14-,15-,16-/m0/s1. The van der Waals surface area contributed by atoms with Crippen LogP contribution in [-0.4, -0.2) is 51.8 Å². The number of rotatable bonds is 16. The quantitative estimate of drug-likeness (QED) is 0.0595. The van der Waals surface area contributed by atoms with E-state index in [0.717, 1.165) is 5.56 Å². The van der Waals surface area contributed by atoms with Gasteiger partial charge in [-0.1, -0.05) is 52.9 Å². The molecule has 0 aliphatic carbocycles. The van der Waals surface area contributed by atoms with Gasteiger partial charge in [0.25, 0.3) is 0 Å². The lowest BCUT2D eigenvalue weighted by atomic mass is 9.97. The molecule has 1 aromatic rings. The molecule has 3 atom stereocenters. The van der Waals surface area contributed by atoms with E-state index in [2.05, 4.69) is 16.2 Å². The molecule has 0 unspecified atom stereocenters. The molecule has 31 heavy (non-hydrogen) atoms. The molecule has 0 aliphatic rings. The Labute approximate surface area is 194 Å². The van der Waals surface area contributed by atoms with E-state index in [1.54, 1.807) is 0 Å². The summed E-state index contributed by atoms with van der Waals surface area (Å²) < 4.78 is 0.315. The summed E-state index contributed by atoms with van der Waals surface area (Å²) in [6.45, 7) is 1.40. The van der Waals surface area contributed by atoms with Crippen LogP contribution < -0.4 is 27.6 Å². The van der Waals surface area contributed by atoms with Gasteiger partial charge < -0.3 is 11.5 Å². The predicted octanol–water partition coefficient (Wildman–Crippen LogP) is -0.721. The van der Waals surface area contributed by atoms with Gasteiger partial charge in [-0.2, -0.15) is 0 Å². The number of Topliss-reactive ketones (excluding diaryl/α,β-unsaturated/α-hetero) is 3. The Bertz CT molecular complexity index is 789. The summed E-state index contributed by atoms with van der Waals surface area (Å²) in [5, 5.41) is 2.75.